The van der Waals surface area contributed by atoms with E-state index in [1.165, 1.54) is 0 Å². The summed E-state index contributed by atoms with van der Waals surface area (Å²) in [5.41, 5.74) is -0.340. The first-order valence-corrected chi connectivity index (χ1v) is 7.30. The van der Waals surface area contributed by atoms with Crippen LogP contribution in [0.25, 0.3) is 0 Å². The number of ether oxygens (including phenoxy) is 1. The van der Waals surface area contributed by atoms with E-state index in [1.54, 1.807) is 0 Å². The molecule has 0 fully saturated rings. The molecule has 0 saturated carbocycles. The smallest absolute Gasteiger partial charge is 0.220 e. The van der Waals surface area contributed by atoms with E-state index < -0.39 is 0 Å². The molecule has 0 aromatic carbocycles. The first kappa shape index (κ1) is 18.4. The van der Waals surface area contributed by atoms with E-state index in [0.717, 1.165) is 19.4 Å². The predicted octanol–water partition coefficient (Wildman–Crippen LogP) is 2.50. The lowest BCUT2D eigenvalue weighted by atomic mass is 10.0. The van der Waals surface area contributed by atoms with Crippen LogP contribution in [0.5, 0.6) is 0 Å². The molecule has 4 nitrogen and oxygen atoms in total. The minimum Gasteiger partial charge on any atom is -0.396 e. The van der Waals surface area contributed by atoms with Crippen molar-refractivity contribution in [2.75, 3.05) is 13.2 Å². The zero-order valence-electron chi connectivity index (χ0n) is 13.2. The van der Waals surface area contributed by atoms with Gasteiger partial charge in [-0.1, -0.05) is 13.8 Å². The lowest BCUT2D eigenvalue weighted by molar-refractivity contribution is -0.123. The van der Waals surface area contributed by atoms with Gasteiger partial charge in [-0.25, -0.2) is 0 Å². The van der Waals surface area contributed by atoms with Crippen LogP contribution < -0.4 is 5.32 Å². The highest BCUT2D eigenvalue weighted by atomic mass is 16.5. The molecule has 0 aliphatic heterocycles. The Morgan fingerprint density at radius 1 is 1.26 bits per heavy atom. The highest BCUT2D eigenvalue weighted by Crippen LogP contribution is 2.10. The summed E-state index contributed by atoms with van der Waals surface area (Å²) in [5, 5.41) is 11.8. The van der Waals surface area contributed by atoms with Gasteiger partial charge in [-0.3, -0.25) is 4.79 Å². The molecule has 0 heterocycles. The quantitative estimate of drug-likeness (QED) is 0.643. The Hall–Kier alpha value is -0.610. The highest BCUT2D eigenvalue weighted by Gasteiger charge is 2.19. The normalized spacial score (nSPS) is 13.6. The summed E-state index contributed by atoms with van der Waals surface area (Å²) in [4.78, 5) is 11.8. The molecule has 0 radical (unpaired) electrons. The lowest BCUT2D eigenvalue weighted by Gasteiger charge is -2.25. The van der Waals surface area contributed by atoms with Crippen molar-refractivity contribution < 1.29 is 14.6 Å². The Kier molecular flexibility index (Phi) is 9.02. The van der Waals surface area contributed by atoms with Gasteiger partial charge < -0.3 is 15.2 Å². The van der Waals surface area contributed by atoms with Gasteiger partial charge in [0.05, 0.1) is 6.10 Å². The average Bonchev–Trinajstić information content (AvgIpc) is 2.25. The number of hydrogen-bond acceptors (Lipinski definition) is 3. The molecule has 2 N–H and O–H groups in total. The van der Waals surface area contributed by atoms with E-state index in [0.29, 0.717) is 18.8 Å². The maximum absolute atomic E-state index is 11.8. The molecule has 0 saturated heterocycles. The van der Waals surface area contributed by atoms with E-state index in [9.17, 15) is 4.79 Å². The van der Waals surface area contributed by atoms with Crippen LogP contribution in [-0.2, 0) is 9.53 Å². The fourth-order valence-corrected chi connectivity index (χ4v) is 1.70. The van der Waals surface area contributed by atoms with Gasteiger partial charge in [-0.05, 0) is 46.0 Å². The van der Waals surface area contributed by atoms with E-state index in [-0.39, 0.29) is 24.2 Å². The van der Waals surface area contributed by atoms with Gasteiger partial charge in [-0.15, -0.1) is 0 Å². The van der Waals surface area contributed by atoms with E-state index in [1.807, 2.05) is 20.8 Å². The van der Waals surface area contributed by atoms with Gasteiger partial charge in [0, 0.05) is 25.2 Å². The minimum atomic E-state index is -0.340. The lowest BCUT2D eigenvalue weighted by Crippen LogP contribution is -2.44. The Labute approximate surface area is 117 Å². The molecule has 114 valence electrons. The summed E-state index contributed by atoms with van der Waals surface area (Å²) in [7, 11) is 0. The maximum atomic E-state index is 11.8. The summed E-state index contributed by atoms with van der Waals surface area (Å²) >= 11 is 0. The van der Waals surface area contributed by atoms with Crippen molar-refractivity contribution in [3.8, 4) is 0 Å². The van der Waals surface area contributed by atoms with Gasteiger partial charge in [0.15, 0.2) is 0 Å². The van der Waals surface area contributed by atoms with Crippen LogP contribution in [0.3, 0.4) is 0 Å². The maximum Gasteiger partial charge on any atom is 0.220 e. The molecular weight excluding hydrogens is 242 g/mol. The number of nitrogens with one attached hydrogen (secondary N) is 1. The van der Waals surface area contributed by atoms with Crippen LogP contribution in [0.2, 0.25) is 0 Å². The summed E-state index contributed by atoms with van der Waals surface area (Å²) in [5.74, 6) is 0.674. The second-order valence-corrected chi connectivity index (χ2v) is 6.31. The molecule has 1 amide bonds. The number of hydrogen-bond donors (Lipinski definition) is 2. The summed E-state index contributed by atoms with van der Waals surface area (Å²) in [6.07, 6.45) is 2.95. The highest BCUT2D eigenvalue weighted by molar-refractivity contribution is 5.76. The fraction of sp³-hybridized carbons (Fsp3) is 0.933. The molecule has 19 heavy (non-hydrogen) atoms. The van der Waals surface area contributed by atoms with Crippen molar-refractivity contribution >= 4 is 5.91 Å². The molecule has 1 atom stereocenters. The zero-order valence-corrected chi connectivity index (χ0v) is 13.2. The number of aliphatic hydroxyl groups excluding tert-OH is 1. The van der Waals surface area contributed by atoms with Gasteiger partial charge in [-0.2, -0.15) is 0 Å². The van der Waals surface area contributed by atoms with Gasteiger partial charge in [0.2, 0.25) is 5.91 Å². The number of amides is 1. The molecule has 0 aliphatic carbocycles. The molecular formula is C15H31NO3. The third kappa shape index (κ3) is 11.0. The number of rotatable bonds is 10. The Bertz CT molecular complexity index is 252. The zero-order chi connectivity index (χ0) is 14.9. The minimum absolute atomic E-state index is 0.0257. The van der Waals surface area contributed by atoms with Gasteiger partial charge in [0.25, 0.3) is 0 Å². The Balaban J connectivity index is 3.77. The SMILES string of the molecule is CC(C)CCOC(C)CCC(=O)NC(C)(C)CCO. The van der Waals surface area contributed by atoms with E-state index in [4.69, 9.17) is 9.84 Å². The first-order valence-electron chi connectivity index (χ1n) is 7.30. The molecule has 0 aromatic heterocycles. The number of aliphatic hydroxyl groups is 1. The topological polar surface area (TPSA) is 58.6 Å². The van der Waals surface area contributed by atoms with Crippen molar-refractivity contribution in [2.24, 2.45) is 5.92 Å². The van der Waals surface area contributed by atoms with Crippen molar-refractivity contribution in [3.63, 3.8) is 0 Å². The van der Waals surface area contributed by atoms with Crippen LogP contribution in [-0.4, -0.2) is 35.9 Å². The molecule has 0 bridgehead atoms. The molecule has 1 unspecified atom stereocenters. The second kappa shape index (κ2) is 9.32. The largest absolute Gasteiger partial charge is 0.396 e. The predicted molar refractivity (Wildman–Crippen MR) is 78.0 cm³/mol. The van der Waals surface area contributed by atoms with E-state index >= 15 is 0 Å². The standard InChI is InChI=1S/C15H31NO3/c1-12(2)8-11-19-13(3)6-7-14(18)16-15(4,5)9-10-17/h12-13,17H,6-11H2,1-5H3,(H,16,18). The van der Waals surface area contributed by atoms with Crippen molar-refractivity contribution in [1.82, 2.24) is 5.32 Å². The average molecular weight is 273 g/mol. The summed E-state index contributed by atoms with van der Waals surface area (Å²) < 4.78 is 5.66. The van der Waals surface area contributed by atoms with E-state index in [2.05, 4.69) is 19.2 Å². The number of carbonyl (C=O) groups excluding carboxylic acids is 1. The van der Waals surface area contributed by atoms with Crippen LogP contribution in [0.1, 0.15) is 60.3 Å². The van der Waals surface area contributed by atoms with Crippen LogP contribution in [0, 0.1) is 5.92 Å². The van der Waals surface area contributed by atoms with Gasteiger partial charge >= 0.3 is 0 Å². The second-order valence-electron chi connectivity index (χ2n) is 6.31. The van der Waals surface area contributed by atoms with Crippen molar-refractivity contribution in [1.29, 1.82) is 0 Å². The van der Waals surface area contributed by atoms with Crippen molar-refractivity contribution in [3.05, 3.63) is 0 Å². The molecule has 4 heteroatoms. The Morgan fingerprint density at radius 3 is 2.42 bits per heavy atom. The van der Waals surface area contributed by atoms with Crippen LogP contribution >= 0.6 is 0 Å². The number of carbonyl (C=O) groups is 1. The van der Waals surface area contributed by atoms with Crippen LogP contribution in [0.4, 0.5) is 0 Å². The summed E-state index contributed by atoms with van der Waals surface area (Å²) in [6, 6.07) is 0. The van der Waals surface area contributed by atoms with Crippen molar-refractivity contribution in [2.45, 2.75) is 71.9 Å². The van der Waals surface area contributed by atoms with Crippen LogP contribution in [0.15, 0.2) is 0 Å². The summed E-state index contributed by atoms with van der Waals surface area (Å²) in [6.45, 7) is 11.0. The third-order valence-electron chi connectivity index (χ3n) is 3.09. The molecule has 0 spiro atoms. The molecule has 0 rings (SSSR count). The van der Waals surface area contributed by atoms with Gasteiger partial charge in [0.1, 0.15) is 0 Å². The molecule has 0 aromatic rings. The Morgan fingerprint density at radius 2 is 1.89 bits per heavy atom. The molecule has 0 aliphatic rings. The first-order chi connectivity index (χ1) is 8.76. The monoisotopic (exact) mass is 273 g/mol. The third-order valence-corrected chi connectivity index (χ3v) is 3.09. The fourth-order valence-electron chi connectivity index (χ4n) is 1.70.